The number of benzene rings is 6. The minimum atomic E-state index is -0.234. The van der Waals surface area contributed by atoms with Crippen LogP contribution in [0.25, 0.3) is 21.5 Å². The molecule has 5 heteroatoms. The standard InChI is InChI=1S/C57H60ClN2O2/c1-37(2)61-45-25-17-39(18-26-45)31-33-59-49-29-23-41-13-9-11-15-47(41)53(49)56(5,6)51(59)35-43-21-22-44(55(43)58)36-52-57(7,8)54-48-16-12-10-14-42(48)24-30-50(54)60(52)34-32-40-19-27-46(28-20-40)62-38(3)4/h9-20,23-30,35-38H,21-22,31-34H2,1-8H3/q+1. The maximum atomic E-state index is 7.64. The molecule has 0 atom stereocenters. The van der Waals surface area contributed by atoms with E-state index >= 15 is 0 Å². The number of hydrogen-bond donors (Lipinski definition) is 0. The van der Waals surface area contributed by atoms with Crippen LogP contribution < -0.4 is 14.4 Å². The van der Waals surface area contributed by atoms with E-state index in [4.69, 9.17) is 21.1 Å². The lowest BCUT2D eigenvalue weighted by molar-refractivity contribution is -0.436. The zero-order valence-corrected chi connectivity index (χ0v) is 38.4. The third-order valence-electron chi connectivity index (χ3n) is 13.2. The highest BCUT2D eigenvalue weighted by Crippen LogP contribution is 2.52. The van der Waals surface area contributed by atoms with Gasteiger partial charge >= 0.3 is 0 Å². The molecule has 0 saturated heterocycles. The quantitative estimate of drug-likeness (QED) is 0.115. The first kappa shape index (κ1) is 41.8. The summed E-state index contributed by atoms with van der Waals surface area (Å²) in [6, 6.07) is 44.1. The number of anilines is 1. The van der Waals surface area contributed by atoms with Gasteiger partial charge in [0, 0.05) is 52.5 Å². The van der Waals surface area contributed by atoms with Gasteiger partial charge in [0.1, 0.15) is 11.5 Å². The first-order chi connectivity index (χ1) is 29.8. The number of halogens is 1. The topological polar surface area (TPSA) is 24.7 Å². The zero-order chi connectivity index (χ0) is 43.3. The molecule has 6 aromatic carbocycles. The van der Waals surface area contributed by atoms with Gasteiger partial charge in [-0.25, -0.2) is 0 Å². The lowest BCUT2D eigenvalue weighted by Gasteiger charge is -2.28. The van der Waals surface area contributed by atoms with Gasteiger partial charge in [-0.3, -0.25) is 0 Å². The molecule has 0 unspecified atom stereocenters. The lowest BCUT2D eigenvalue weighted by atomic mass is 9.78. The summed E-state index contributed by atoms with van der Waals surface area (Å²) in [5.74, 6) is 1.83. The van der Waals surface area contributed by atoms with Crippen molar-refractivity contribution in [3.63, 3.8) is 0 Å². The second-order valence-electron chi connectivity index (χ2n) is 19.0. The molecule has 316 valence electrons. The monoisotopic (exact) mass is 839 g/mol. The van der Waals surface area contributed by atoms with Gasteiger partial charge in [0.2, 0.25) is 5.69 Å². The van der Waals surface area contributed by atoms with Gasteiger partial charge in [-0.05, 0) is 153 Å². The third kappa shape index (κ3) is 7.77. The molecule has 0 N–H and O–H groups in total. The highest BCUT2D eigenvalue weighted by Gasteiger charge is 2.46. The maximum absolute atomic E-state index is 7.64. The minimum Gasteiger partial charge on any atom is -0.491 e. The molecule has 0 saturated carbocycles. The summed E-state index contributed by atoms with van der Waals surface area (Å²) in [6.45, 7) is 19.6. The molecule has 4 nitrogen and oxygen atoms in total. The van der Waals surface area contributed by atoms with E-state index in [2.05, 4.69) is 198 Å². The third-order valence-corrected chi connectivity index (χ3v) is 13.7. The van der Waals surface area contributed by atoms with E-state index in [0.717, 1.165) is 55.3 Å². The number of rotatable bonds is 12. The highest BCUT2D eigenvalue weighted by atomic mass is 35.5. The maximum Gasteiger partial charge on any atom is 0.210 e. The Morgan fingerprint density at radius 3 is 1.81 bits per heavy atom. The molecule has 6 aromatic rings. The Morgan fingerprint density at radius 1 is 0.629 bits per heavy atom. The van der Waals surface area contributed by atoms with Crippen molar-refractivity contribution in [1.29, 1.82) is 0 Å². The van der Waals surface area contributed by atoms with Gasteiger partial charge in [-0.2, -0.15) is 4.58 Å². The Balaban J connectivity index is 1.09. The number of allylic oxidation sites excluding steroid dienone is 6. The molecular formula is C57H60ClN2O2+. The molecule has 1 aliphatic carbocycles. The van der Waals surface area contributed by atoms with Crippen LogP contribution in [0, 0.1) is 0 Å². The van der Waals surface area contributed by atoms with E-state index in [0.29, 0.717) is 0 Å². The van der Waals surface area contributed by atoms with Crippen molar-refractivity contribution >= 4 is 50.2 Å². The van der Waals surface area contributed by atoms with Gasteiger partial charge in [0.05, 0.1) is 17.6 Å². The van der Waals surface area contributed by atoms with Crippen molar-refractivity contribution in [1.82, 2.24) is 0 Å². The number of ether oxygens (including phenoxy) is 2. The van der Waals surface area contributed by atoms with Gasteiger partial charge < -0.3 is 14.4 Å². The van der Waals surface area contributed by atoms with E-state index in [1.807, 2.05) is 0 Å². The molecule has 0 radical (unpaired) electrons. The Labute approximate surface area is 373 Å². The van der Waals surface area contributed by atoms with Crippen LogP contribution in [0.2, 0.25) is 0 Å². The highest BCUT2D eigenvalue weighted by molar-refractivity contribution is 6.33. The first-order valence-electron chi connectivity index (χ1n) is 22.6. The summed E-state index contributed by atoms with van der Waals surface area (Å²) >= 11 is 7.64. The molecule has 9 rings (SSSR count). The van der Waals surface area contributed by atoms with Gasteiger partial charge in [0.15, 0.2) is 12.3 Å². The normalized spacial score (nSPS) is 18.0. The molecule has 3 aliphatic rings. The Bertz CT molecular complexity index is 2800. The fourth-order valence-electron chi connectivity index (χ4n) is 10.3. The summed E-state index contributed by atoms with van der Waals surface area (Å²) in [4.78, 5) is 2.57. The first-order valence-corrected chi connectivity index (χ1v) is 23.0. The van der Waals surface area contributed by atoms with E-state index in [1.54, 1.807) is 0 Å². The Kier molecular flexibility index (Phi) is 11.2. The molecule has 0 amide bonds. The molecule has 0 fully saturated rings. The van der Waals surface area contributed by atoms with E-state index in [9.17, 15) is 0 Å². The molecular weight excluding hydrogens is 780 g/mol. The SMILES string of the molecule is CC(C)Oc1ccc(CCN2C(=CC3=C(Cl)/C(=C/C4=[N+](CCc5ccc(OC(C)C)cc5)c5ccc6ccccc6c5C4(C)C)CC3)C(C)(C)c3c2ccc2ccccc32)cc1. The van der Waals surface area contributed by atoms with Crippen LogP contribution in [-0.2, 0) is 23.7 Å². The smallest absolute Gasteiger partial charge is 0.210 e. The van der Waals surface area contributed by atoms with Gasteiger partial charge in [-0.15, -0.1) is 0 Å². The van der Waals surface area contributed by atoms with Gasteiger partial charge in [-0.1, -0.05) is 104 Å². The zero-order valence-electron chi connectivity index (χ0n) is 37.7. The largest absolute Gasteiger partial charge is 0.491 e. The second-order valence-corrected chi connectivity index (χ2v) is 19.3. The molecule has 2 aliphatic heterocycles. The number of fused-ring (bicyclic) bond motifs is 6. The van der Waals surface area contributed by atoms with E-state index in [1.165, 1.54) is 77.7 Å². The Morgan fingerprint density at radius 2 is 1.19 bits per heavy atom. The van der Waals surface area contributed by atoms with Crippen LogP contribution in [0.3, 0.4) is 0 Å². The van der Waals surface area contributed by atoms with Gasteiger partial charge in [0.25, 0.3) is 0 Å². The summed E-state index contributed by atoms with van der Waals surface area (Å²) in [6.07, 6.45) is 8.81. The lowest BCUT2D eigenvalue weighted by Crippen LogP contribution is -2.29. The van der Waals surface area contributed by atoms with Crippen molar-refractivity contribution < 1.29 is 14.0 Å². The van der Waals surface area contributed by atoms with Crippen LogP contribution in [-0.4, -0.2) is 35.6 Å². The van der Waals surface area contributed by atoms with Crippen molar-refractivity contribution in [2.45, 2.75) is 104 Å². The van der Waals surface area contributed by atoms with Crippen LogP contribution >= 0.6 is 11.6 Å². The van der Waals surface area contributed by atoms with Crippen LogP contribution in [0.4, 0.5) is 11.4 Å². The fraction of sp³-hybridized carbons (Fsp3) is 0.316. The van der Waals surface area contributed by atoms with Crippen LogP contribution in [0.1, 0.15) is 90.5 Å². The van der Waals surface area contributed by atoms with Crippen molar-refractivity contribution in [2.75, 3.05) is 18.0 Å². The summed E-state index contributed by atoms with van der Waals surface area (Å²) in [7, 11) is 0. The fourth-order valence-corrected chi connectivity index (χ4v) is 10.6. The van der Waals surface area contributed by atoms with Crippen molar-refractivity contribution in [3.8, 4) is 11.5 Å². The average Bonchev–Trinajstić information content (AvgIpc) is 3.79. The molecule has 0 aromatic heterocycles. The number of hydrogen-bond acceptors (Lipinski definition) is 3. The average molecular weight is 841 g/mol. The second kappa shape index (κ2) is 16.6. The van der Waals surface area contributed by atoms with Crippen molar-refractivity contribution in [2.24, 2.45) is 0 Å². The summed E-state index contributed by atoms with van der Waals surface area (Å²) in [5, 5.41) is 6.07. The van der Waals surface area contributed by atoms with Crippen molar-refractivity contribution in [3.05, 3.63) is 178 Å². The molecule has 2 heterocycles. The predicted octanol–water partition coefficient (Wildman–Crippen LogP) is 14.3. The van der Waals surface area contributed by atoms with Crippen LogP contribution in [0.5, 0.6) is 11.5 Å². The molecule has 62 heavy (non-hydrogen) atoms. The van der Waals surface area contributed by atoms with E-state index < -0.39 is 0 Å². The summed E-state index contributed by atoms with van der Waals surface area (Å²) in [5.41, 5.74) is 12.5. The Hall–Kier alpha value is -5.58. The molecule has 0 spiro atoms. The molecule has 0 bridgehead atoms. The minimum absolute atomic E-state index is 0.150. The predicted molar refractivity (Wildman–Crippen MR) is 261 cm³/mol. The van der Waals surface area contributed by atoms with Crippen LogP contribution in [0.15, 0.2) is 155 Å². The van der Waals surface area contributed by atoms with E-state index in [-0.39, 0.29) is 23.0 Å². The number of nitrogens with zero attached hydrogens (tertiary/aromatic N) is 2. The summed E-state index contributed by atoms with van der Waals surface area (Å²) < 4.78 is 14.5.